The number of aliphatic hydroxyl groups is 4. The highest BCUT2D eigenvalue weighted by molar-refractivity contribution is 5.92. The zero-order chi connectivity index (χ0) is 27.7. The second-order valence-corrected chi connectivity index (χ2v) is 14.0. The topological polar surface area (TPSA) is 124 Å². The van der Waals surface area contributed by atoms with Crippen LogP contribution in [0.1, 0.15) is 93.4 Å². The third kappa shape index (κ3) is 4.62. The number of rotatable bonds is 6. The molecule has 0 aromatic carbocycles. The fourth-order valence-electron chi connectivity index (χ4n) is 8.94. The van der Waals surface area contributed by atoms with Crippen molar-refractivity contribution in [2.24, 2.45) is 40.4 Å². The van der Waals surface area contributed by atoms with Gasteiger partial charge in [0.2, 0.25) is 0 Å². The number of aliphatic hydroxyl groups excluding tert-OH is 2. The van der Waals surface area contributed by atoms with Gasteiger partial charge in [-0.15, -0.1) is 0 Å². The summed E-state index contributed by atoms with van der Waals surface area (Å²) in [6, 6.07) is 0. The Hall–Kier alpha value is -1.28. The molecule has 0 spiro atoms. The summed E-state index contributed by atoms with van der Waals surface area (Å²) >= 11 is 0. The molecule has 7 nitrogen and oxygen atoms in total. The molecule has 0 radical (unpaired) electrons. The van der Waals surface area contributed by atoms with E-state index in [9.17, 15) is 30.0 Å². The van der Waals surface area contributed by atoms with E-state index in [4.69, 9.17) is 4.74 Å². The van der Waals surface area contributed by atoms with Gasteiger partial charge in [0.25, 0.3) is 0 Å². The van der Waals surface area contributed by atoms with Gasteiger partial charge >= 0.3 is 5.97 Å². The third-order valence-electron chi connectivity index (χ3n) is 11.6. The van der Waals surface area contributed by atoms with Crippen molar-refractivity contribution < 1.29 is 34.8 Å². The van der Waals surface area contributed by atoms with Crippen molar-refractivity contribution in [1.82, 2.24) is 0 Å². The first-order chi connectivity index (χ1) is 16.9. The first-order valence-electron chi connectivity index (χ1n) is 14.2. The van der Waals surface area contributed by atoms with Crippen molar-refractivity contribution in [1.29, 1.82) is 0 Å². The molecular formula is C30H48O7. The predicted molar refractivity (Wildman–Crippen MR) is 139 cm³/mol. The molecule has 0 bridgehead atoms. The maximum atomic E-state index is 12.5. The maximum absolute atomic E-state index is 12.5. The van der Waals surface area contributed by atoms with Crippen LogP contribution < -0.4 is 0 Å². The minimum Gasteiger partial charge on any atom is -0.461 e. The molecule has 0 saturated heterocycles. The summed E-state index contributed by atoms with van der Waals surface area (Å²) in [5.74, 6) is 0.108. The van der Waals surface area contributed by atoms with Gasteiger partial charge in [0.1, 0.15) is 6.10 Å². The smallest absolute Gasteiger partial charge is 0.302 e. The molecule has 4 N–H and O–H groups in total. The Labute approximate surface area is 221 Å². The van der Waals surface area contributed by atoms with Crippen LogP contribution in [0, 0.1) is 40.4 Å². The lowest BCUT2D eigenvalue weighted by molar-refractivity contribution is -0.173. The van der Waals surface area contributed by atoms with E-state index in [1.54, 1.807) is 26.8 Å². The zero-order valence-electron chi connectivity index (χ0n) is 23.7. The highest BCUT2D eigenvalue weighted by Crippen LogP contribution is 2.68. The van der Waals surface area contributed by atoms with Crippen molar-refractivity contribution in [3.8, 4) is 0 Å². The van der Waals surface area contributed by atoms with Crippen LogP contribution in [-0.2, 0) is 14.3 Å². The minimum atomic E-state index is -1.42. The normalized spacial score (nSPS) is 43.0. The lowest BCUT2D eigenvalue weighted by Gasteiger charge is -2.61. The number of carbonyl (C=O) groups is 2. The van der Waals surface area contributed by atoms with Crippen molar-refractivity contribution in [2.75, 3.05) is 0 Å². The van der Waals surface area contributed by atoms with Crippen LogP contribution in [0.5, 0.6) is 0 Å². The van der Waals surface area contributed by atoms with E-state index < -0.39 is 34.9 Å². The minimum absolute atomic E-state index is 0.0287. The highest BCUT2D eigenvalue weighted by Gasteiger charge is 2.64. The summed E-state index contributed by atoms with van der Waals surface area (Å²) in [5, 5.41) is 43.9. The summed E-state index contributed by atoms with van der Waals surface area (Å²) in [6.45, 7) is 12.6. The molecule has 3 saturated carbocycles. The van der Waals surface area contributed by atoms with Gasteiger partial charge in [-0.25, -0.2) is 0 Å². The average molecular weight is 521 g/mol. The standard InChI is InChI=1S/C30H48O7/c1-16(24(34)15-29(6,36)27(3,4)35)20-8-9-21-26-22(10-11-28(20,21)5)30(7)18(13-23(26)33)12-19(32)14-25(30)37-17(2)31/h12,16,20-26,33-36H,8-11,13-15H2,1-7H3/t16-,20-,21-,22-,23+,24+,25-,26+,28-,29-,30+/m0/s1. The number of ketones is 1. The lowest BCUT2D eigenvalue weighted by atomic mass is 9.45. The van der Waals surface area contributed by atoms with Gasteiger partial charge < -0.3 is 25.2 Å². The van der Waals surface area contributed by atoms with Crippen molar-refractivity contribution in [3.63, 3.8) is 0 Å². The largest absolute Gasteiger partial charge is 0.461 e. The van der Waals surface area contributed by atoms with Gasteiger partial charge in [-0.05, 0) is 94.0 Å². The van der Waals surface area contributed by atoms with Crippen molar-refractivity contribution >= 4 is 11.8 Å². The van der Waals surface area contributed by atoms with Crippen LogP contribution in [0.4, 0.5) is 0 Å². The Morgan fingerprint density at radius 2 is 1.78 bits per heavy atom. The maximum Gasteiger partial charge on any atom is 0.302 e. The fraction of sp³-hybridized carbons (Fsp3) is 0.867. The third-order valence-corrected chi connectivity index (χ3v) is 11.6. The van der Waals surface area contributed by atoms with Crippen molar-refractivity contribution in [2.45, 2.75) is 123 Å². The van der Waals surface area contributed by atoms with E-state index in [1.165, 1.54) is 6.92 Å². The fourth-order valence-corrected chi connectivity index (χ4v) is 8.94. The second-order valence-electron chi connectivity index (χ2n) is 14.0. The molecular weight excluding hydrogens is 472 g/mol. The molecule has 4 aliphatic rings. The van der Waals surface area contributed by atoms with Crippen LogP contribution in [0.15, 0.2) is 11.6 Å². The summed E-state index contributed by atoms with van der Waals surface area (Å²) < 4.78 is 5.76. The van der Waals surface area contributed by atoms with Crippen LogP contribution in [0.25, 0.3) is 0 Å². The summed E-state index contributed by atoms with van der Waals surface area (Å²) in [5.41, 5.74) is -2.39. The number of esters is 1. The molecule has 4 aliphatic carbocycles. The molecule has 210 valence electrons. The van der Waals surface area contributed by atoms with E-state index in [0.717, 1.165) is 31.3 Å². The predicted octanol–water partition coefficient (Wildman–Crippen LogP) is 3.56. The van der Waals surface area contributed by atoms with Gasteiger partial charge in [-0.2, -0.15) is 0 Å². The Morgan fingerprint density at radius 3 is 2.38 bits per heavy atom. The molecule has 7 heteroatoms. The summed E-state index contributed by atoms with van der Waals surface area (Å²) in [6.07, 6.45) is 4.23. The van der Waals surface area contributed by atoms with E-state index in [0.29, 0.717) is 6.42 Å². The Morgan fingerprint density at radius 1 is 1.14 bits per heavy atom. The Bertz CT molecular complexity index is 948. The van der Waals surface area contributed by atoms with Gasteiger partial charge in [0.15, 0.2) is 5.78 Å². The summed E-state index contributed by atoms with van der Waals surface area (Å²) in [4.78, 5) is 24.5. The second kappa shape index (κ2) is 9.42. The first kappa shape index (κ1) is 28.7. The number of hydrogen-bond acceptors (Lipinski definition) is 7. The van der Waals surface area contributed by atoms with Crippen LogP contribution in [0.3, 0.4) is 0 Å². The highest BCUT2D eigenvalue weighted by atomic mass is 16.5. The number of ether oxygens (including phenoxy) is 1. The van der Waals surface area contributed by atoms with E-state index >= 15 is 0 Å². The zero-order valence-corrected chi connectivity index (χ0v) is 23.7. The molecule has 3 fully saturated rings. The van der Waals surface area contributed by atoms with E-state index in [-0.39, 0.29) is 59.6 Å². The van der Waals surface area contributed by atoms with Crippen LogP contribution in [0.2, 0.25) is 0 Å². The first-order valence-corrected chi connectivity index (χ1v) is 14.2. The van der Waals surface area contributed by atoms with Gasteiger partial charge in [-0.3, -0.25) is 9.59 Å². The van der Waals surface area contributed by atoms with Crippen LogP contribution >= 0.6 is 0 Å². The molecule has 0 amide bonds. The molecule has 0 aromatic heterocycles. The molecule has 4 rings (SSSR count). The SMILES string of the molecule is CC(=O)O[C@H]1CC(=O)C=C2C[C@@H](O)[C@@H]3[C@@H]4CC[C@@H]([C@H](C)[C@H](O)C[C@](C)(O)C(C)(C)O)[C@]4(C)CC[C@@H]3[C@@]21C. The average Bonchev–Trinajstić information content (AvgIpc) is 3.10. The number of hydrogen-bond donors (Lipinski definition) is 4. The molecule has 0 heterocycles. The van der Waals surface area contributed by atoms with Crippen LogP contribution in [-0.4, -0.2) is 61.7 Å². The quantitative estimate of drug-likeness (QED) is 0.395. The number of fused-ring (bicyclic) bond motifs is 5. The van der Waals surface area contributed by atoms with Gasteiger partial charge in [0.05, 0.1) is 23.4 Å². The van der Waals surface area contributed by atoms with Gasteiger partial charge in [0, 0.05) is 25.2 Å². The van der Waals surface area contributed by atoms with E-state index in [1.807, 2.05) is 0 Å². The molecule has 37 heavy (non-hydrogen) atoms. The summed E-state index contributed by atoms with van der Waals surface area (Å²) in [7, 11) is 0. The van der Waals surface area contributed by atoms with Gasteiger partial charge in [-0.1, -0.05) is 26.3 Å². The molecule has 0 aromatic rings. The lowest BCUT2D eigenvalue weighted by Crippen LogP contribution is -2.60. The number of carbonyl (C=O) groups excluding carboxylic acids is 2. The Balaban J connectivity index is 1.61. The molecule has 11 atom stereocenters. The van der Waals surface area contributed by atoms with E-state index in [2.05, 4.69) is 20.8 Å². The molecule has 0 aliphatic heterocycles. The molecule has 0 unspecified atom stereocenters. The van der Waals surface area contributed by atoms with Crippen molar-refractivity contribution in [3.05, 3.63) is 11.6 Å². The Kier molecular flexibility index (Phi) is 7.32. The monoisotopic (exact) mass is 520 g/mol.